The van der Waals surface area contributed by atoms with Gasteiger partial charge in [-0.15, -0.1) is 23.2 Å². The van der Waals surface area contributed by atoms with Gasteiger partial charge in [-0.25, -0.2) is 0 Å². The molecule has 0 radical (unpaired) electrons. The largest absolute Gasteiger partial charge is 0.192 e. The van der Waals surface area contributed by atoms with Crippen LogP contribution >= 0.6 is 80.6 Å². The second-order valence-corrected chi connectivity index (χ2v) is 7.94. The molecule has 11 heavy (non-hydrogen) atoms. The van der Waals surface area contributed by atoms with Gasteiger partial charge in [0.05, 0.1) is 3.38 Å². The standard InChI is InChI=1S/C5H6Cl5I/c6-3(1-4(7)11)2-5(8,9)10/h3-4H,1-2H2. The lowest BCUT2D eigenvalue weighted by molar-refractivity contribution is 0.740. The van der Waals surface area contributed by atoms with Crippen molar-refractivity contribution in [2.24, 2.45) is 0 Å². The molecule has 0 aliphatic heterocycles. The Labute approximate surface area is 105 Å². The maximum Gasteiger partial charge on any atom is 0.192 e. The van der Waals surface area contributed by atoms with Gasteiger partial charge in [0.1, 0.15) is 0 Å². The van der Waals surface area contributed by atoms with Crippen LogP contribution in [0.15, 0.2) is 0 Å². The van der Waals surface area contributed by atoms with Crippen LogP contribution in [0.1, 0.15) is 12.8 Å². The van der Waals surface area contributed by atoms with E-state index in [1.54, 1.807) is 0 Å². The lowest BCUT2D eigenvalue weighted by Gasteiger charge is -2.15. The average Bonchev–Trinajstić information content (AvgIpc) is 1.53. The second-order valence-electron chi connectivity index (χ2n) is 2.04. The van der Waals surface area contributed by atoms with E-state index in [2.05, 4.69) is 22.6 Å². The normalized spacial score (nSPS) is 18.0. The van der Waals surface area contributed by atoms with Gasteiger partial charge in [-0.2, -0.15) is 0 Å². The highest BCUT2D eigenvalue weighted by molar-refractivity contribution is 14.1. The number of alkyl halides is 6. The van der Waals surface area contributed by atoms with Gasteiger partial charge in [0.25, 0.3) is 0 Å². The molecule has 0 N–H and O–H groups in total. The Kier molecular flexibility index (Phi) is 6.97. The van der Waals surface area contributed by atoms with E-state index in [9.17, 15) is 0 Å². The molecule has 2 atom stereocenters. The lowest BCUT2D eigenvalue weighted by atomic mass is 10.3. The highest BCUT2D eigenvalue weighted by atomic mass is 127. The molecule has 68 valence electrons. The Hall–Kier alpha value is 2.18. The van der Waals surface area contributed by atoms with Gasteiger partial charge in [-0.05, 0) is 6.42 Å². The summed E-state index contributed by atoms with van der Waals surface area (Å²) >= 11 is 30.1. The Balaban J connectivity index is 3.61. The fourth-order valence-electron chi connectivity index (χ4n) is 0.528. The van der Waals surface area contributed by atoms with Gasteiger partial charge < -0.3 is 0 Å². The van der Waals surface area contributed by atoms with E-state index >= 15 is 0 Å². The molecule has 0 aromatic rings. The first-order chi connectivity index (χ1) is 4.81. The molecule has 0 nitrogen and oxygen atoms in total. The van der Waals surface area contributed by atoms with Crippen molar-refractivity contribution in [2.75, 3.05) is 0 Å². The Bertz CT molecular complexity index is 110. The SMILES string of the molecule is ClC(I)CC(Cl)CC(Cl)(Cl)Cl. The Morgan fingerprint density at radius 2 is 1.64 bits per heavy atom. The molecule has 0 aromatic carbocycles. The third-order valence-electron chi connectivity index (χ3n) is 0.887. The maximum atomic E-state index is 5.82. The molecule has 0 bridgehead atoms. The van der Waals surface area contributed by atoms with Crippen LogP contribution < -0.4 is 0 Å². The van der Waals surface area contributed by atoms with Gasteiger partial charge in [-0.1, -0.05) is 57.4 Å². The van der Waals surface area contributed by atoms with Crippen LogP contribution in [0.5, 0.6) is 0 Å². The van der Waals surface area contributed by atoms with Gasteiger partial charge in [-0.3, -0.25) is 0 Å². The smallest absolute Gasteiger partial charge is 0.123 e. The molecule has 0 heterocycles. The number of hydrogen-bond donors (Lipinski definition) is 0. The molecule has 0 aromatic heterocycles. The third kappa shape index (κ3) is 10.1. The molecule has 0 amide bonds. The second kappa shape index (κ2) is 5.82. The summed E-state index contributed by atoms with van der Waals surface area (Å²) in [6.07, 6.45) is 0.961. The average molecular weight is 370 g/mol. The van der Waals surface area contributed by atoms with Crippen LogP contribution in [0.3, 0.4) is 0 Å². The lowest BCUT2D eigenvalue weighted by Crippen LogP contribution is -2.13. The third-order valence-corrected chi connectivity index (χ3v) is 2.37. The summed E-state index contributed by atoms with van der Waals surface area (Å²) in [5.41, 5.74) is 0. The van der Waals surface area contributed by atoms with Crippen molar-refractivity contribution < 1.29 is 0 Å². The fraction of sp³-hybridized carbons (Fsp3) is 1.00. The molecule has 6 heteroatoms. The van der Waals surface area contributed by atoms with Crippen molar-refractivity contribution >= 4 is 80.6 Å². The first kappa shape index (κ1) is 13.2. The summed E-state index contributed by atoms with van der Waals surface area (Å²) in [6.45, 7) is 0. The molecule has 0 aliphatic rings. The quantitative estimate of drug-likeness (QED) is 0.497. The Morgan fingerprint density at radius 1 is 1.18 bits per heavy atom. The summed E-state index contributed by atoms with van der Waals surface area (Å²) in [4.78, 5) is 0. The van der Waals surface area contributed by atoms with Crippen molar-refractivity contribution in [3.63, 3.8) is 0 Å². The summed E-state index contributed by atoms with van der Waals surface area (Å²) in [5, 5.41) is -0.179. The first-order valence-corrected chi connectivity index (χ1v) is 6.05. The van der Waals surface area contributed by atoms with Crippen molar-refractivity contribution in [2.45, 2.75) is 25.4 Å². The van der Waals surface area contributed by atoms with Crippen LogP contribution in [-0.2, 0) is 0 Å². The van der Waals surface area contributed by atoms with Crippen LogP contribution in [0, 0.1) is 0 Å². The summed E-state index contributed by atoms with van der Waals surface area (Å²) in [5.74, 6) is 0. The molecule has 0 spiro atoms. The van der Waals surface area contributed by atoms with E-state index < -0.39 is 3.79 Å². The highest BCUT2D eigenvalue weighted by Gasteiger charge is 2.25. The minimum Gasteiger partial charge on any atom is -0.123 e. The van der Waals surface area contributed by atoms with E-state index in [-0.39, 0.29) is 8.76 Å². The van der Waals surface area contributed by atoms with Crippen LogP contribution in [0.4, 0.5) is 0 Å². The van der Waals surface area contributed by atoms with Crippen LogP contribution in [0.25, 0.3) is 0 Å². The van der Waals surface area contributed by atoms with Crippen molar-refractivity contribution in [3.8, 4) is 0 Å². The summed E-state index contributed by atoms with van der Waals surface area (Å²) in [7, 11) is 0. The van der Waals surface area contributed by atoms with E-state index in [0.29, 0.717) is 12.8 Å². The minimum atomic E-state index is -1.27. The van der Waals surface area contributed by atoms with Crippen molar-refractivity contribution in [3.05, 3.63) is 0 Å². The molecule has 0 fully saturated rings. The number of halogens is 6. The monoisotopic (exact) mass is 368 g/mol. The molecular formula is C5H6Cl5I. The molecule has 2 unspecified atom stereocenters. The number of rotatable bonds is 3. The van der Waals surface area contributed by atoms with E-state index in [1.807, 2.05) is 0 Å². The van der Waals surface area contributed by atoms with Crippen molar-refractivity contribution in [1.29, 1.82) is 0 Å². The van der Waals surface area contributed by atoms with Crippen LogP contribution in [0.2, 0.25) is 0 Å². The Morgan fingerprint density at radius 3 is 1.91 bits per heavy atom. The van der Waals surface area contributed by atoms with Gasteiger partial charge in [0, 0.05) is 11.8 Å². The van der Waals surface area contributed by atoms with Crippen molar-refractivity contribution in [1.82, 2.24) is 0 Å². The van der Waals surface area contributed by atoms with Gasteiger partial charge in [0.15, 0.2) is 3.79 Å². The predicted octanol–water partition coefficient (Wildman–Crippen LogP) is 4.74. The zero-order chi connectivity index (χ0) is 9.07. The number of hydrogen-bond acceptors (Lipinski definition) is 0. The molecule has 0 saturated heterocycles. The summed E-state index contributed by atoms with van der Waals surface area (Å²) in [6, 6.07) is 0. The molecule has 0 rings (SSSR count). The topological polar surface area (TPSA) is 0 Å². The minimum absolute atomic E-state index is 0.0116. The van der Waals surface area contributed by atoms with E-state index in [0.717, 1.165) is 0 Å². The molecular weight excluding hydrogens is 364 g/mol. The predicted molar refractivity (Wildman–Crippen MR) is 62.8 cm³/mol. The van der Waals surface area contributed by atoms with Gasteiger partial charge in [0.2, 0.25) is 0 Å². The molecule has 0 aliphatic carbocycles. The molecule has 0 saturated carbocycles. The van der Waals surface area contributed by atoms with Gasteiger partial charge >= 0.3 is 0 Å². The highest BCUT2D eigenvalue weighted by Crippen LogP contribution is 2.35. The van der Waals surface area contributed by atoms with Crippen LogP contribution in [-0.4, -0.2) is 12.6 Å². The summed E-state index contributed by atoms with van der Waals surface area (Å²) < 4.78 is -1.28. The van der Waals surface area contributed by atoms with E-state index in [1.165, 1.54) is 0 Å². The zero-order valence-electron chi connectivity index (χ0n) is 5.34. The first-order valence-electron chi connectivity index (χ1n) is 2.80. The van der Waals surface area contributed by atoms with E-state index in [4.69, 9.17) is 58.0 Å². The zero-order valence-corrected chi connectivity index (χ0v) is 11.3. The maximum absolute atomic E-state index is 5.82. The fourth-order valence-corrected chi connectivity index (χ4v) is 2.95.